The Morgan fingerprint density at radius 1 is 0.468 bits per heavy atom. The first kappa shape index (κ1) is 47.5. The van der Waals surface area contributed by atoms with E-state index in [4.69, 9.17) is 23.7 Å². The van der Waals surface area contributed by atoms with E-state index < -0.39 is 18.2 Å². The van der Waals surface area contributed by atoms with E-state index in [9.17, 15) is 14.7 Å². The van der Waals surface area contributed by atoms with Crippen molar-refractivity contribution < 1.29 is 38.4 Å². The molecule has 0 spiro atoms. The summed E-state index contributed by atoms with van der Waals surface area (Å²) >= 11 is 3.51. The summed E-state index contributed by atoms with van der Waals surface area (Å²) in [5.74, 6) is 0.334. The molecule has 324 valence electrons. The fourth-order valence-electron chi connectivity index (χ4n) is 6.21. The van der Waals surface area contributed by atoms with Crippen LogP contribution in [0.15, 0.2) is 177 Å². The lowest BCUT2D eigenvalue weighted by molar-refractivity contribution is -0.156. The van der Waals surface area contributed by atoms with Gasteiger partial charge in [0, 0.05) is 58.5 Å². The molecule has 0 heterocycles. The van der Waals surface area contributed by atoms with E-state index in [1.807, 2.05) is 79.7 Å². The van der Waals surface area contributed by atoms with Crippen LogP contribution in [0.3, 0.4) is 0 Å². The summed E-state index contributed by atoms with van der Waals surface area (Å²) < 4.78 is 27.6. The summed E-state index contributed by atoms with van der Waals surface area (Å²) in [4.78, 5) is 28.1. The lowest BCUT2D eigenvalue weighted by Crippen LogP contribution is -2.28. The summed E-state index contributed by atoms with van der Waals surface area (Å²) in [6.45, 7) is 7.85. The monoisotopic (exact) mass is 872 g/mol. The number of carboxylic acids is 1. The molecule has 0 radical (unpaired) electrons. The van der Waals surface area contributed by atoms with E-state index in [1.165, 1.54) is 30.7 Å². The van der Waals surface area contributed by atoms with Crippen molar-refractivity contribution >= 4 is 35.5 Å². The van der Waals surface area contributed by atoms with Gasteiger partial charge >= 0.3 is 11.9 Å². The largest absolute Gasteiger partial charge is 0.493 e. The third-order valence-electron chi connectivity index (χ3n) is 9.37. The number of aliphatic carboxylic acids is 1. The molecule has 0 unspecified atom stereocenters. The third kappa shape index (κ3) is 17.1. The normalized spacial score (nSPS) is 11.7. The van der Waals surface area contributed by atoms with Gasteiger partial charge in [-0.2, -0.15) is 0 Å². The molecule has 6 rings (SSSR count). The lowest BCUT2D eigenvalue weighted by atomic mass is 10.1. The van der Waals surface area contributed by atoms with Crippen molar-refractivity contribution in [2.24, 2.45) is 0 Å². The minimum atomic E-state index is -0.939. The molecule has 0 aliphatic rings. The summed E-state index contributed by atoms with van der Waals surface area (Å²) in [6, 6.07) is 53.2. The molecule has 0 saturated heterocycles. The highest BCUT2D eigenvalue weighted by Gasteiger charge is 2.21. The van der Waals surface area contributed by atoms with Crippen LogP contribution in [-0.2, 0) is 49.5 Å². The minimum Gasteiger partial charge on any atom is -0.493 e. The van der Waals surface area contributed by atoms with E-state index in [1.54, 1.807) is 37.4 Å². The average Bonchev–Trinajstić information content (AvgIpc) is 3.29. The first-order chi connectivity index (χ1) is 30.3. The lowest BCUT2D eigenvalue weighted by Gasteiger charge is -2.15. The second-order valence-electron chi connectivity index (χ2n) is 14.0. The van der Waals surface area contributed by atoms with Crippen LogP contribution in [0.2, 0.25) is 0 Å². The van der Waals surface area contributed by atoms with Crippen molar-refractivity contribution in [1.82, 2.24) is 0 Å². The zero-order valence-corrected chi connectivity index (χ0v) is 37.3. The standard InChI is InChI=1S/C27H30O4S.C25H26O4S/c1-3-29-26(27(28)30-4-2)20-22-10-14-23(15-11-22)31-19-18-21-12-16-25(17-13-21)32-24-8-6-5-7-9-24;1-2-28-24(25(26)27)18-20-8-12-21(13-9-20)29-17-16-19-10-14-23(15-11-19)30-22-6-4-3-5-7-22/h5-17,26H,3-4,18-20H2,1-2H3;3-15,24H,2,16-18H2,1H3,(H,26,27)/t26-;24-/m00/s1. The van der Waals surface area contributed by atoms with Gasteiger partial charge in [-0.25, -0.2) is 9.59 Å². The molecule has 10 heteroatoms. The fourth-order valence-corrected chi connectivity index (χ4v) is 7.88. The van der Waals surface area contributed by atoms with Crippen LogP contribution in [-0.4, -0.2) is 62.3 Å². The smallest absolute Gasteiger partial charge is 0.335 e. The molecule has 0 aliphatic heterocycles. The van der Waals surface area contributed by atoms with Crippen LogP contribution in [0.25, 0.3) is 0 Å². The van der Waals surface area contributed by atoms with Gasteiger partial charge in [-0.1, -0.05) is 108 Å². The van der Waals surface area contributed by atoms with Gasteiger partial charge in [0.1, 0.15) is 11.5 Å². The van der Waals surface area contributed by atoms with E-state index in [2.05, 4.69) is 84.9 Å². The van der Waals surface area contributed by atoms with Crippen molar-refractivity contribution in [1.29, 1.82) is 0 Å². The number of benzene rings is 6. The number of rotatable bonds is 23. The molecular formula is C52H56O8S2. The topological polar surface area (TPSA) is 101 Å². The number of carbonyl (C=O) groups is 2. The Morgan fingerprint density at radius 3 is 1.23 bits per heavy atom. The molecule has 0 fully saturated rings. The van der Waals surface area contributed by atoms with E-state index >= 15 is 0 Å². The van der Waals surface area contributed by atoms with Crippen LogP contribution in [0.5, 0.6) is 11.5 Å². The Morgan fingerprint density at radius 2 is 0.839 bits per heavy atom. The Hall–Kier alpha value is -5.52. The molecule has 6 aromatic carbocycles. The summed E-state index contributed by atoms with van der Waals surface area (Å²) in [7, 11) is 0. The van der Waals surface area contributed by atoms with Crippen LogP contribution >= 0.6 is 23.5 Å². The van der Waals surface area contributed by atoms with Crippen molar-refractivity contribution in [3.8, 4) is 11.5 Å². The van der Waals surface area contributed by atoms with E-state index in [0.717, 1.165) is 35.5 Å². The van der Waals surface area contributed by atoms with Gasteiger partial charge in [-0.15, -0.1) is 0 Å². The average molecular weight is 873 g/mol. The van der Waals surface area contributed by atoms with Gasteiger partial charge in [-0.3, -0.25) is 0 Å². The summed E-state index contributed by atoms with van der Waals surface area (Å²) in [6.07, 6.45) is 1.10. The molecule has 0 bridgehead atoms. The van der Waals surface area contributed by atoms with Crippen molar-refractivity contribution in [3.63, 3.8) is 0 Å². The maximum Gasteiger partial charge on any atom is 0.335 e. The molecular weight excluding hydrogens is 817 g/mol. The van der Waals surface area contributed by atoms with Gasteiger partial charge in [0.15, 0.2) is 12.2 Å². The van der Waals surface area contributed by atoms with Crippen LogP contribution in [0.4, 0.5) is 0 Å². The number of carboxylic acid groups (broad SMARTS) is 1. The molecule has 0 aliphatic carbocycles. The number of carbonyl (C=O) groups excluding carboxylic acids is 1. The highest BCUT2D eigenvalue weighted by atomic mass is 32.2. The number of hydrogen-bond acceptors (Lipinski definition) is 9. The Bertz CT molecular complexity index is 2160. The maximum absolute atomic E-state index is 12.0. The maximum atomic E-state index is 12.0. The first-order valence-corrected chi connectivity index (χ1v) is 22.6. The van der Waals surface area contributed by atoms with Crippen molar-refractivity contribution in [2.75, 3.05) is 33.0 Å². The predicted molar refractivity (Wildman–Crippen MR) is 248 cm³/mol. The van der Waals surface area contributed by atoms with E-state index in [-0.39, 0.29) is 5.97 Å². The Kier molecular flexibility index (Phi) is 20.5. The second kappa shape index (κ2) is 26.7. The quantitative estimate of drug-likeness (QED) is 0.0626. The number of esters is 1. The molecule has 6 aromatic rings. The van der Waals surface area contributed by atoms with Crippen LogP contribution in [0, 0.1) is 0 Å². The molecule has 62 heavy (non-hydrogen) atoms. The number of hydrogen-bond donors (Lipinski definition) is 1. The highest BCUT2D eigenvalue weighted by molar-refractivity contribution is 7.99. The highest BCUT2D eigenvalue weighted by Crippen LogP contribution is 2.29. The van der Waals surface area contributed by atoms with Gasteiger partial charge < -0.3 is 28.8 Å². The Balaban J connectivity index is 0.000000235. The number of ether oxygens (including phenoxy) is 5. The molecule has 1 N–H and O–H groups in total. The molecule has 0 amide bonds. The van der Waals surface area contributed by atoms with Gasteiger partial charge in [0.25, 0.3) is 0 Å². The summed E-state index contributed by atoms with van der Waals surface area (Å²) in [5, 5.41) is 9.18. The predicted octanol–water partition coefficient (Wildman–Crippen LogP) is 11.5. The zero-order chi connectivity index (χ0) is 43.8. The van der Waals surface area contributed by atoms with Crippen LogP contribution < -0.4 is 9.47 Å². The van der Waals surface area contributed by atoms with Crippen molar-refractivity contribution in [2.45, 2.75) is 78.2 Å². The zero-order valence-electron chi connectivity index (χ0n) is 35.7. The third-order valence-corrected chi connectivity index (χ3v) is 11.4. The van der Waals surface area contributed by atoms with Gasteiger partial charge in [0.2, 0.25) is 0 Å². The summed E-state index contributed by atoms with van der Waals surface area (Å²) in [5.41, 5.74) is 4.39. The van der Waals surface area contributed by atoms with Crippen LogP contribution in [0.1, 0.15) is 43.0 Å². The Labute approximate surface area is 374 Å². The fraction of sp³-hybridized carbons (Fsp3) is 0.269. The molecule has 0 aromatic heterocycles. The van der Waals surface area contributed by atoms with E-state index in [0.29, 0.717) is 45.9 Å². The second-order valence-corrected chi connectivity index (χ2v) is 16.3. The van der Waals surface area contributed by atoms with Gasteiger partial charge in [-0.05, 0) is 116 Å². The SMILES string of the molecule is CCOC(=O)[C@H](Cc1ccc(OCCc2ccc(Sc3ccccc3)cc2)cc1)OCC.CCO[C@@H](Cc1ccc(OCCc2ccc(Sc3ccccc3)cc2)cc1)C(=O)O. The van der Waals surface area contributed by atoms with Gasteiger partial charge in [0.05, 0.1) is 19.8 Å². The van der Waals surface area contributed by atoms with Crippen molar-refractivity contribution in [3.05, 3.63) is 180 Å². The molecule has 0 saturated carbocycles. The minimum absolute atomic E-state index is 0.317. The molecule has 2 atom stereocenters. The first-order valence-electron chi connectivity index (χ1n) is 21.0. The molecule has 8 nitrogen and oxygen atoms in total.